The Kier molecular flexibility index (Phi) is 6.03. The zero-order chi connectivity index (χ0) is 13.7. The lowest BCUT2D eigenvalue weighted by Gasteiger charge is -2.32. The number of nitrogens with zero attached hydrogens (tertiary/aromatic N) is 1. The van der Waals surface area contributed by atoms with Crippen molar-refractivity contribution in [3.05, 3.63) is 0 Å². The summed E-state index contributed by atoms with van der Waals surface area (Å²) in [6, 6.07) is 0. The third kappa shape index (κ3) is 4.23. The smallest absolute Gasteiger partial charge is 0.324 e. The summed E-state index contributed by atoms with van der Waals surface area (Å²) in [5.41, 5.74) is -1.49. The Hall–Kier alpha value is -0.700. The van der Waals surface area contributed by atoms with Crippen LogP contribution >= 0.6 is 0 Å². The van der Waals surface area contributed by atoms with E-state index in [1.54, 1.807) is 6.92 Å². The highest BCUT2D eigenvalue weighted by Gasteiger charge is 2.40. The first-order valence-corrected chi connectivity index (χ1v) is 6.64. The zero-order valence-corrected chi connectivity index (χ0v) is 11.4. The van der Waals surface area contributed by atoms with E-state index < -0.39 is 21.7 Å². The number of carboxylic acid groups (broad SMARTS) is 1. The summed E-state index contributed by atoms with van der Waals surface area (Å²) in [6.07, 6.45) is 0. The zero-order valence-electron chi connectivity index (χ0n) is 10.6. The molecule has 0 aromatic rings. The van der Waals surface area contributed by atoms with Gasteiger partial charge in [0.1, 0.15) is 5.54 Å². The molecule has 0 amide bonds. The second kappa shape index (κ2) is 6.29. The maximum absolute atomic E-state index is 11.9. The third-order valence-corrected chi connectivity index (χ3v) is 4.18. The summed E-state index contributed by atoms with van der Waals surface area (Å²) >= 11 is 0. The molecule has 0 bridgehead atoms. The van der Waals surface area contributed by atoms with Gasteiger partial charge in [-0.15, -0.1) is 0 Å². The Morgan fingerprint density at radius 2 is 2.00 bits per heavy atom. The predicted molar refractivity (Wildman–Crippen MR) is 62.9 cm³/mol. The number of methoxy groups -OCH3 is 1. The summed E-state index contributed by atoms with van der Waals surface area (Å²) < 4.78 is 31.7. The number of rotatable bonds is 8. The Morgan fingerprint density at radius 3 is 2.35 bits per heavy atom. The molecule has 0 aliphatic carbocycles. The Labute approximate surface area is 102 Å². The van der Waals surface area contributed by atoms with Gasteiger partial charge in [-0.1, -0.05) is 6.92 Å². The van der Waals surface area contributed by atoms with Crippen molar-refractivity contribution < 1.29 is 23.1 Å². The molecule has 0 radical (unpaired) electrons. The van der Waals surface area contributed by atoms with E-state index in [0.717, 1.165) is 4.31 Å². The lowest BCUT2D eigenvalue weighted by Crippen LogP contribution is -2.56. The summed E-state index contributed by atoms with van der Waals surface area (Å²) in [5, 5.41) is 9.02. The van der Waals surface area contributed by atoms with Crippen molar-refractivity contribution in [2.45, 2.75) is 26.3 Å². The highest BCUT2D eigenvalue weighted by molar-refractivity contribution is 7.87. The standard InChI is InChI=1S/C9H20N2O5S/c1-5-11(9(2,3)8(12)13)17(14,15)10-6-7-16-4/h10H,5-7H2,1-4H3,(H,12,13). The van der Waals surface area contributed by atoms with Gasteiger partial charge in [-0.3, -0.25) is 4.79 Å². The summed E-state index contributed by atoms with van der Waals surface area (Å²) in [5.74, 6) is -1.20. The topological polar surface area (TPSA) is 95.9 Å². The van der Waals surface area contributed by atoms with Crippen LogP contribution in [0.25, 0.3) is 0 Å². The van der Waals surface area contributed by atoms with Crippen molar-refractivity contribution in [3.63, 3.8) is 0 Å². The van der Waals surface area contributed by atoms with Crippen LogP contribution in [0.4, 0.5) is 0 Å². The summed E-state index contributed by atoms with van der Waals surface area (Å²) in [7, 11) is -2.37. The normalized spacial score (nSPS) is 13.0. The predicted octanol–water partition coefficient (Wildman–Crippen LogP) is -0.348. The molecule has 0 rings (SSSR count). The van der Waals surface area contributed by atoms with Crippen molar-refractivity contribution in [2.75, 3.05) is 26.8 Å². The minimum atomic E-state index is -3.82. The second-order valence-corrected chi connectivity index (χ2v) is 5.60. The highest BCUT2D eigenvalue weighted by Crippen LogP contribution is 2.17. The Balaban J connectivity index is 4.93. The molecule has 0 atom stereocenters. The molecule has 0 saturated heterocycles. The average molecular weight is 268 g/mol. The molecule has 0 aromatic heterocycles. The third-order valence-electron chi connectivity index (χ3n) is 2.31. The van der Waals surface area contributed by atoms with Crippen LogP contribution in [-0.4, -0.2) is 56.1 Å². The number of ether oxygens (including phenoxy) is 1. The van der Waals surface area contributed by atoms with Gasteiger partial charge in [-0.2, -0.15) is 17.4 Å². The van der Waals surface area contributed by atoms with E-state index in [9.17, 15) is 13.2 Å². The first-order valence-electron chi connectivity index (χ1n) is 5.20. The van der Waals surface area contributed by atoms with Crippen molar-refractivity contribution in [3.8, 4) is 0 Å². The maximum atomic E-state index is 11.9. The van der Waals surface area contributed by atoms with Gasteiger partial charge in [0.15, 0.2) is 0 Å². The number of carbonyl (C=O) groups is 1. The quantitative estimate of drug-likeness (QED) is 0.587. The van der Waals surface area contributed by atoms with Crippen LogP contribution in [0, 0.1) is 0 Å². The fourth-order valence-electron chi connectivity index (χ4n) is 1.32. The van der Waals surface area contributed by atoms with E-state index in [1.807, 2.05) is 0 Å². The average Bonchev–Trinajstić information content (AvgIpc) is 2.17. The number of aliphatic carboxylic acids is 1. The minimum Gasteiger partial charge on any atom is -0.480 e. The van der Waals surface area contributed by atoms with Gasteiger partial charge >= 0.3 is 5.97 Å². The van der Waals surface area contributed by atoms with Crippen molar-refractivity contribution in [1.29, 1.82) is 0 Å². The van der Waals surface area contributed by atoms with E-state index in [-0.39, 0.29) is 19.7 Å². The molecule has 2 N–H and O–H groups in total. The number of hydrogen-bond acceptors (Lipinski definition) is 4. The number of hydrogen-bond donors (Lipinski definition) is 2. The lowest BCUT2D eigenvalue weighted by molar-refractivity contribution is -0.146. The van der Waals surface area contributed by atoms with Crippen LogP contribution in [0.15, 0.2) is 0 Å². The minimum absolute atomic E-state index is 0.0710. The Bertz CT molecular complexity index is 352. The van der Waals surface area contributed by atoms with Gasteiger partial charge in [0.05, 0.1) is 6.61 Å². The van der Waals surface area contributed by atoms with Crippen LogP contribution in [0.5, 0.6) is 0 Å². The van der Waals surface area contributed by atoms with E-state index in [1.165, 1.54) is 21.0 Å². The molecule has 0 aliphatic rings. The van der Waals surface area contributed by atoms with Gasteiger partial charge in [-0.25, -0.2) is 0 Å². The SMILES string of the molecule is CCN(C(C)(C)C(=O)O)S(=O)(=O)NCCOC. The molecule has 17 heavy (non-hydrogen) atoms. The van der Waals surface area contributed by atoms with E-state index >= 15 is 0 Å². The molecule has 7 nitrogen and oxygen atoms in total. The van der Waals surface area contributed by atoms with E-state index in [0.29, 0.717) is 0 Å². The summed E-state index contributed by atoms with van der Waals surface area (Å²) in [6.45, 7) is 4.67. The number of nitrogens with one attached hydrogen (secondary N) is 1. The lowest BCUT2D eigenvalue weighted by atomic mass is 10.1. The van der Waals surface area contributed by atoms with Crippen molar-refractivity contribution in [1.82, 2.24) is 9.03 Å². The molecular formula is C9H20N2O5S. The molecule has 0 aliphatic heterocycles. The van der Waals surface area contributed by atoms with E-state index in [2.05, 4.69) is 4.72 Å². The van der Waals surface area contributed by atoms with E-state index in [4.69, 9.17) is 9.84 Å². The molecular weight excluding hydrogens is 248 g/mol. The molecule has 8 heteroatoms. The first-order chi connectivity index (χ1) is 7.70. The van der Waals surface area contributed by atoms with Gasteiger partial charge in [0, 0.05) is 20.2 Å². The molecule has 0 heterocycles. The fourth-order valence-corrected chi connectivity index (χ4v) is 2.84. The molecule has 0 spiro atoms. The number of likely N-dealkylation sites (N-methyl/N-ethyl adjacent to an activating group) is 1. The molecule has 0 unspecified atom stereocenters. The van der Waals surface area contributed by atoms with Crippen molar-refractivity contribution in [2.24, 2.45) is 0 Å². The van der Waals surface area contributed by atoms with Crippen LogP contribution in [-0.2, 0) is 19.7 Å². The molecule has 0 aromatic carbocycles. The van der Waals surface area contributed by atoms with Crippen LogP contribution in [0.3, 0.4) is 0 Å². The largest absolute Gasteiger partial charge is 0.480 e. The number of carboxylic acids is 1. The highest BCUT2D eigenvalue weighted by atomic mass is 32.2. The maximum Gasteiger partial charge on any atom is 0.324 e. The molecule has 102 valence electrons. The van der Waals surface area contributed by atoms with Gasteiger partial charge < -0.3 is 9.84 Å². The van der Waals surface area contributed by atoms with Gasteiger partial charge in [-0.05, 0) is 13.8 Å². The molecule has 0 saturated carbocycles. The molecule has 0 fully saturated rings. The Morgan fingerprint density at radius 1 is 1.47 bits per heavy atom. The van der Waals surface area contributed by atoms with Crippen LogP contribution < -0.4 is 4.72 Å². The van der Waals surface area contributed by atoms with Gasteiger partial charge in [0.25, 0.3) is 10.2 Å². The first kappa shape index (κ1) is 16.3. The van der Waals surface area contributed by atoms with Crippen LogP contribution in [0.2, 0.25) is 0 Å². The monoisotopic (exact) mass is 268 g/mol. The fraction of sp³-hybridized carbons (Fsp3) is 0.889. The van der Waals surface area contributed by atoms with Crippen molar-refractivity contribution >= 4 is 16.2 Å². The van der Waals surface area contributed by atoms with Gasteiger partial charge in [0.2, 0.25) is 0 Å². The summed E-state index contributed by atoms with van der Waals surface area (Å²) in [4.78, 5) is 11.0. The van der Waals surface area contributed by atoms with Crippen LogP contribution in [0.1, 0.15) is 20.8 Å². The second-order valence-electron chi connectivity index (χ2n) is 3.92.